The maximum atomic E-state index is 13.5. The Morgan fingerprint density at radius 1 is 1.45 bits per heavy atom. The number of hydrogen-bond acceptors (Lipinski definition) is 5. The topological polar surface area (TPSA) is 71.2 Å². The summed E-state index contributed by atoms with van der Waals surface area (Å²) in [6, 6.07) is 6.66. The molecule has 0 aliphatic heterocycles. The van der Waals surface area contributed by atoms with Crippen molar-refractivity contribution in [1.29, 1.82) is 0 Å². The number of amides is 1. The van der Waals surface area contributed by atoms with Gasteiger partial charge in [0, 0.05) is 24.0 Å². The second-order valence-electron chi connectivity index (χ2n) is 4.38. The van der Waals surface area contributed by atoms with E-state index in [1.165, 1.54) is 17.4 Å². The van der Waals surface area contributed by atoms with Gasteiger partial charge in [0.25, 0.3) is 5.91 Å². The number of nitrogens with zero attached hydrogens (tertiary/aromatic N) is 2. The fourth-order valence-electron chi connectivity index (χ4n) is 1.80. The summed E-state index contributed by atoms with van der Waals surface area (Å²) in [4.78, 5) is 17.4. The molecule has 2 rings (SSSR count). The van der Waals surface area contributed by atoms with Crippen LogP contribution in [0.1, 0.15) is 21.1 Å². The molecule has 2 aromatic rings. The Labute approximate surface area is 120 Å². The van der Waals surface area contributed by atoms with Gasteiger partial charge in [0.05, 0.1) is 5.69 Å². The summed E-state index contributed by atoms with van der Waals surface area (Å²) in [5, 5.41) is 2.12. The second kappa shape index (κ2) is 6.56. The Morgan fingerprint density at radius 3 is 2.90 bits per heavy atom. The zero-order valence-corrected chi connectivity index (χ0v) is 11.8. The molecule has 1 aromatic carbocycles. The van der Waals surface area contributed by atoms with E-state index in [2.05, 4.69) is 4.98 Å². The maximum Gasteiger partial charge on any atom is 0.294 e. The quantitative estimate of drug-likeness (QED) is 0.498. The molecule has 0 saturated heterocycles. The van der Waals surface area contributed by atoms with Crippen molar-refractivity contribution in [3.05, 3.63) is 51.7 Å². The number of carbonyl (C=O) groups excluding carboxylic acids is 1. The first kappa shape index (κ1) is 14.6. The van der Waals surface area contributed by atoms with E-state index in [0.29, 0.717) is 23.7 Å². The lowest BCUT2D eigenvalue weighted by molar-refractivity contribution is 0.0953. The van der Waals surface area contributed by atoms with E-state index in [0.717, 1.165) is 5.69 Å². The minimum atomic E-state index is -0.405. The first-order valence-corrected chi connectivity index (χ1v) is 6.85. The van der Waals surface area contributed by atoms with Crippen LogP contribution in [0.15, 0.2) is 29.6 Å². The van der Waals surface area contributed by atoms with Crippen molar-refractivity contribution < 1.29 is 9.18 Å². The average molecular weight is 294 g/mol. The first-order valence-electron chi connectivity index (χ1n) is 5.97. The van der Waals surface area contributed by atoms with E-state index in [-0.39, 0.29) is 5.82 Å². The van der Waals surface area contributed by atoms with Gasteiger partial charge < -0.3 is 0 Å². The van der Waals surface area contributed by atoms with E-state index in [1.54, 1.807) is 23.6 Å². The largest absolute Gasteiger partial charge is 0.296 e. The molecule has 0 saturated carbocycles. The first-order chi connectivity index (χ1) is 9.60. The van der Waals surface area contributed by atoms with Crippen molar-refractivity contribution in [3.63, 3.8) is 0 Å². The van der Waals surface area contributed by atoms with Gasteiger partial charge in [0.2, 0.25) is 0 Å². The highest BCUT2D eigenvalue weighted by Crippen LogP contribution is 2.14. The Kier molecular flexibility index (Phi) is 4.78. The van der Waals surface area contributed by atoms with Crippen LogP contribution in [0.5, 0.6) is 0 Å². The molecule has 0 bridgehead atoms. The molecule has 1 aromatic heterocycles. The van der Waals surface area contributed by atoms with Crippen LogP contribution >= 0.6 is 11.3 Å². The number of rotatable bonds is 5. The molecule has 0 aliphatic carbocycles. The van der Waals surface area contributed by atoms with E-state index in [1.807, 2.05) is 17.4 Å². The average Bonchev–Trinajstić information content (AvgIpc) is 2.89. The van der Waals surface area contributed by atoms with Crippen LogP contribution in [-0.4, -0.2) is 22.8 Å². The van der Waals surface area contributed by atoms with Gasteiger partial charge in [0.15, 0.2) is 5.01 Å². The van der Waals surface area contributed by atoms with Gasteiger partial charge in [-0.2, -0.15) is 0 Å². The van der Waals surface area contributed by atoms with Crippen molar-refractivity contribution in [1.82, 2.24) is 15.3 Å². The minimum absolute atomic E-state index is 0.221. The fourth-order valence-corrected chi connectivity index (χ4v) is 2.51. The number of nitrogens with one attached hydrogen (secondary N) is 1. The third-order valence-corrected chi connectivity index (χ3v) is 3.60. The minimum Gasteiger partial charge on any atom is -0.296 e. The van der Waals surface area contributed by atoms with E-state index < -0.39 is 5.91 Å². The highest BCUT2D eigenvalue weighted by atomic mass is 32.1. The van der Waals surface area contributed by atoms with Crippen LogP contribution in [0, 0.1) is 5.82 Å². The zero-order chi connectivity index (χ0) is 14.5. The number of nitrogens with two attached hydrogens (primary N) is 1. The maximum absolute atomic E-state index is 13.5. The molecule has 0 radical (unpaired) electrons. The number of thiazole rings is 1. The van der Waals surface area contributed by atoms with Gasteiger partial charge in [0.1, 0.15) is 5.82 Å². The van der Waals surface area contributed by atoms with E-state index in [4.69, 9.17) is 5.84 Å². The Morgan fingerprint density at radius 2 is 2.20 bits per heavy atom. The normalized spacial score (nSPS) is 10.8. The summed E-state index contributed by atoms with van der Waals surface area (Å²) < 4.78 is 13.5. The van der Waals surface area contributed by atoms with Gasteiger partial charge in [-0.3, -0.25) is 15.1 Å². The van der Waals surface area contributed by atoms with Crippen molar-refractivity contribution >= 4 is 17.2 Å². The summed E-state index contributed by atoms with van der Waals surface area (Å²) in [6.45, 7) is 1.01. The van der Waals surface area contributed by atoms with Crippen LogP contribution in [0.25, 0.3) is 0 Å². The van der Waals surface area contributed by atoms with Crippen molar-refractivity contribution in [2.75, 3.05) is 7.05 Å². The fraction of sp³-hybridized carbons (Fsp3) is 0.231. The smallest absolute Gasteiger partial charge is 0.294 e. The number of benzene rings is 1. The highest BCUT2D eigenvalue weighted by molar-refractivity contribution is 7.11. The van der Waals surface area contributed by atoms with Gasteiger partial charge >= 0.3 is 0 Å². The van der Waals surface area contributed by atoms with Crippen molar-refractivity contribution in [2.45, 2.75) is 13.1 Å². The predicted molar refractivity (Wildman–Crippen MR) is 75.3 cm³/mol. The summed E-state index contributed by atoms with van der Waals surface area (Å²) in [5.74, 6) is 4.42. The van der Waals surface area contributed by atoms with Gasteiger partial charge in [-0.25, -0.2) is 15.2 Å². The third-order valence-electron chi connectivity index (χ3n) is 2.71. The number of hydrazine groups is 1. The lowest BCUT2D eigenvalue weighted by Crippen LogP contribution is -2.30. The van der Waals surface area contributed by atoms with E-state index >= 15 is 0 Å². The van der Waals surface area contributed by atoms with Crippen LogP contribution in [0.4, 0.5) is 4.39 Å². The zero-order valence-electron chi connectivity index (χ0n) is 11.0. The molecule has 106 valence electrons. The molecule has 3 N–H and O–H groups in total. The van der Waals surface area contributed by atoms with Gasteiger partial charge in [-0.05, 0) is 13.1 Å². The van der Waals surface area contributed by atoms with Crippen LogP contribution < -0.4 is 11.3 Å². The number of hydrogen-bond donors (Lipinski definition) is 2. The molecule has 0 spiro atoms. The van der Waals surface area contributed by atoms with Crippen LogP contribution in [0.3, 0.4) is 0 Å². The lowest BCUT2D eigenvalue weighted by Gasteiger charge is -2.15. The number of nitrogen functional groups attached to an aromatic ring is 1. The summed E-state index contributed by atoms with van der Waals surface area (Å²) in [6.07, 6.45) is 0. The third kappa shape index (κ3) is 3.60. The summed E-state index contributed by atoms with van der Waals surface area (Å²) >= 11 is 1.23. The Balaban J connectivity index is 1.98. The number of carbonyl (C=O) groups is 1. The van der Waals surface area contributed by atoms with Gasteiger partial charge in [-0.15, -0.1) is 11.3 Å². The predicted octanol–water partition coefficient (Wildman–Crippen LogP) is 1.52. The molecule has 0 fully saturated rings. The molecule has 20 heavy (non-hydrogen) atoms. The molecule has 0 atom stereocenters. The molecule has 0 aliphatic rings. The van der Waals surface area contributed by atoms with E-state index in [9.17, 15) is 9.18 Å². The number of halogens is 1. The molecule has 5 nitrogen and oxygen atoms in total. The molecular formula is C13H15FN4OS. The highest BCUT2D eigenvalue weighted by Gasteiger charge is 2.11. The van der Waals surface area contributed by atoms with Crippen molar-refractivity contribution in [3.8, 4) is 0 Å². The summed E-state index contributed by atoms with van der Waals surface area (Å²) in [5.41, 5.74) is 3.43. The summed E-state index contributed by atoms with van der Waals surface area (Å²) in [7, 11) is 1.87. The van der Waals surface area contributed by atoms with Gasteiger partial charge in [-0.1, -0.05) is 18.2 Å². The molecule has 7 heteroatoms. The van der Waals surface area contributed by atoms with Crippen LogP contribution in [0.2, 0.25) is 0 Å². The second-order valence-corrected chi connectivity index (χ2v) is 5.24. The standard InChI is InChI=1S/C13H15FN4OS/c1-18(6-9-4-2-3-5-11(9)14)7-10-8-20-13(16-10)12(19)17-15/h2-5,8H,6-7,15H2,1H3,(H,17,19). The van der Waals surface area contributed by atoms with Crippen LogP contribution in [-0.2, 0) is 13.1 Å². The Bertz CT molecular complexity index is 602. The molecule has 0 unspecified atom stereocenters. The molecular weight excluding hydrogens is 279 g/mol. The van der Waals surface area contributed by atoms with Crippen molar-refractivity contribution in [2.24, 2.45) is 5.84 Å². The SMILES string of the molecule is CN(Cc1csc(C(=O)NN)n1)Cc1ccccc1F. The Hall–Kier alpha value is -1.83. The molecule has 1 amide bonds. The monoisotopic (exact) mass is 294 g/mol. The molecule has 1 heterocycles. The number of aromatic nitrogens is 1. The lowest BCUT2D eigenvalue weighted by atomic mass is 10.2.